The van der Waals surface area contributed by atoms with Crippen molar-refractivity contribution in [2.24, 2.45) is 0 Å². The lowest BCUT2D eigenvalue weighted by molar-refractivity contribution is -0.146. The first kappa shape index (κ1) is 23.4. The SMILES string of the molecule is CC(=O)O.CC(=O)O.O=C(O)CN[C@@H](CC(=O)O)C(=O)O. The Morgan fingerprint density at radius 1 is 0.810 bits per heavy atom. The van der Waals surface area contributed by atoms with Crippen molar-refractivity contribution in [1.29, 1.82) is 0 Å². The van der Waals surface area contributed by atoms with Crippen molar-refractivity contribution in [3.05, 3.63) is 0 Å². The van der Waals surface area contributed by atoms with Crippen molar-refractivity contribution in [2.45, 2.75) is 26.3 Å². The molecule has 0 aliphatic carbocycles. The van der Waals surface area contributed by atoms with E-state index in [0.29, 0.717) is 0 Å². The van der Waals surface area contributed by atoms with Gasteiger partial charge in [0.05, 0.1) is 13.0 Å². The van der Waals surface area contributed by atoms with E-state index in [2.05, 4.69) is 5.32 Å². The number of nitrogens with one attached hydrogen (secondary N) is 1. The Balaban J connectivity index is -0.000000334. The third-order valence-electron chi connectivity index (χ3n) is 1.18. The summed E-state index contributed by atoms with van der Waals surface area (Å²) in [7, 11) is 0. The average Bonchev–Trinajstić information content (AvgIpc) is 2.21. The maximum atomic E-state index is 10.3. The minimum absolute atomic E-state index is 0.579. The Bertz CT molecular complexity index is 358. The summed E-state index contributed by atoms with van der Waals surface area (Å²) in [5.74, 6) is -5.59. The molecule has 0 fully saturated rings. The molecule has 6 N–H and O–H groups in total. The van der Waals surface area contributed by atoms with Crippen LogP contribution in [0.15, 0.2) is 0 Å². The van der Waals surface area contributed by atoms with Crippen LogP contribution in [0.2, 0.25) is 0 Å². The molecule has 0 radical (unpaired) electrons. The number of hydrogen-bond donors (Lipinski definition) is 6. The molecule has 0 spiro atoms. The Hall–Kier alpha value is -2.69. The van der Waals surface area contributed by atoms with E-state index in [9.17, 15) is 14.4 Å². The van der Waals surface area contributed by atoms with E-state index in [-0.39, 0.29) is 0 Å². The van der Waals surface area contributed by atoms with Gasteiger partial charge in [-0.2, -0.15) is 0 Å². The summed E-state index contributed by atoms with van der Waals surface area (Å²) >= 11 is 0. The molecular formula is C10H17NO10. The van der Waals surface area contributed by atoms with Gasteiger partial charge in [-0.15, -0.1) is 0 Å². The Morgan fingerprint density at radius 3 is 1.33 bits per heavy atom. The van der Waals surface area contributed by atoms with E-state index >= 15 is 0 Å². The zero-order valence-electron chi connectivity index (χ0n) is 11.3. The number of carboxylic acid groups (broad SMARTS) is 5. The van der Waals surface area contributed by atoms with Gasteiger partial charge in [0.15, 0.2) is 0 Å². The summed E-state index contributed by atoms with van der Waals surface area (Å²) in [6.45, 7) is 1.59. The summed E-state index contributed by atoms with van der Waals surface area (Å²) < 4.78 is 0. The van der Waals surface area contributed by atoms with Crippen LogP contribution in [0.5, 0.6) is 0 Å². The number of rotatable bonds is 6. The van der Waals surface area contributed by atoms with E-state index in [4.69, 9.17) is 35.1 Å². The van der Waals surface area contributed by atoms with Crippen LogP contribution in [-0.4, -0.2) is 68.0 Å². The second-order valence-electron chi connectivity index (χ2n) is 3.30. The smallest absolute Gasteiger partial charge is 0.321 e. The molecular weight excluding hydrogens is 294 g/mol. The largest absolute Gasteiger partial charge is 0.481 e. The minimum atomic E-state index is -1.39. The highest BCUT2D eigenvalue weighted by Crippen LogP contribution is 1.91. The zero-order valence-corrected chi connectivity index (χ0v) is 11.3. The van der Waals surface area contributed by atoms with Gasteiger partial charge in [0.1, 0.15) is 6.04 Å². The fourth-order valence-corrected chi connectivity index (χ4v) is 0.632. The topological polar surface area (TPSA) is 199 Å². The predicted octanol–water partition coefficient (Wildman–Crippen LogP) is -1.23. The number of carboxylic acids is 5. The van der Waals surface area contributed by atoms with E-state index in [1.165, 1.54) is 0 Å². The zero-order chi connectivity index (χ0) is 17.6. The monoisotopic (exact) mass is 311 g/mol. The molecule has 0 aliphatic heterocycles. The van der Waals surface area contributed by atoms with Crippen molar-refractivity contribution in [2.75, 3.05) is 6.54 Å². The number of carbonyl (C=O) groups is 5. The lowest BCUT2D eigenvalue weighted by atomic mass is 10.2. The number of aliphatic carboxylic acids is 5. The molecule has 0 rings (SSSR count). The van der Waals surface area contributed by atoms with Gasteiger partial charge in [-0.25, -0.2) is 0 Å². The molecule has 0 aromatic rings. The standard InChI is InChI=1S/C6H9NO6.2C2H4O2/c8-4(9)1-3(6(12)13)7-2-5(10)11;2*1-2(3)4/h3,7H,1-2H2,(H,8,9)(H,10,11)(H,12,13);2*1H3,(H,3,4)/t3-;;/m0../s1. The molecule has 0 aromatic heterocycles. The maximum absolute atomic E-state index is 10.3. The summed E-state index contributed by atoms with van der Waals surface area (Å²) in [6, 6.07) is -1.37. The van der Waals surface area contributed by atoms with Gasteiger partial charge in [0, 0.05) is 13.8 Å². The van der Waals surface area contributed by atoms with Crippen molar-refractivity contribution < 1.29 is 49.5 Å². The van der Waals surface area contributed by atoms with Gasteiger partial charge in [0.25, 0.3) is 11.9 Å². The quantitative estimate of drug-likeness (QED) is 0.343. The first-order chi connectivity index (χ1) is 9.39. The maximum Gasteiger partial charge on any atom is 0.321 e. The molecule has 11 heteroatoms. The highest BCUT2D eigenvalue weighted by molar-refractivity contribution is 5.81. The second-order valence-corrected chi connectivity index (χ2v) is 3.30. The predicted molar refractivity (Wildman–Crippen MR) is 65.9 cm³/mol. The average molecular weight is 311 g/mol. The fraction of sp³-hybridized carbons (Fsp3) is 0.500. The van der Waals surface area contributed by atoms with Gasteiger partial charge in [0.2, 0.25) is 0 Å². The summed E-state index contributed by atoms with van der Waals surface area (Å²) in [5, 5.41) is 41.7. The molecule has 11 nitrogen and oxygen atoms in total. The van der Waals surface area contributed by atoms with Gasteiger partial charge in [-0.1, -0.05) is 0 Å². The Morgan fingerprint density at radius 2 is 1.14 bits per heavy atom. The highest BCUT2D eigenvalue weighted by Gasteiger charge is 2.20. The third-order valence-corrected chi connectivity index (χ3v) is 1.18. The second kappa shape index (κ2) is 13.7. The molecule has 0 aliphatic rings. The van der Waals surface area contributed by atoms with E-state index < -0.39 is 48.9 Å². The molecule has 0 aromatic carbocycles. The van der Waals surface area contributed by atoms with Crippen LogP contribution in [0, 0.1) is 0 Å². The third kappa shape index (κ3) is 38.2. The lowest BCUT2D eigenvalue weighted by Crippen LogP contribution is -2.41. The molecule has 0 unspecified atom stereocenters. The van der Waals surface area contributed by atoms with E-state index in [0.717, 1.165) is 13.8 Å². The first-order valence-electron chi connectivity index (χ1n) is 5.18. The normalized spacial score (nSPS) is 9.81. The van der Waals surface area contributed by atoms with Crippen LogP contribution in [0.1, 0.15) is 20.3 Å². The Labute approximate surface area is 118 Å². The van der Waals surface area contributed by atoms with Gasteiger partial charge < -0.3 is 25.5 Å². The molecule has 0 saturated heterocycles. The van der Waals surface area contributed by atoms with Crippen molar-refractivity contribution in [3.8, 4) is 0 Å². The molecule has 0 bridgehead atoms. The highest BCUT2D eigenvalue weighted by atomic mass is 16.4. The van der Waals surface area contributed by atoms with Crippen LogP contribution < -0.4 is 5.32 Å². The van der Waals surface area contributed by atoms with Crippen LogP contribution in [-0.2, 0) is 24.0 Å². The van der Waals surface area contributed by atoms with Crippen molar-refractivity contribution in [1.82, 2.24) is 5.32 Å². The molecule has 1 atom stereocenters. The molecule has 0 amide bonds. The fourth-order valence-electron chi connectivity index (χ4n) is 0.632. The van der Waals surface area contributed by atoms with Crippen LogP contribution >= 0.6 is 0 Å². The van der Waals surface area contributed by atoms with E-state index in [1.54, 1.807) is 0 Å². The molecule has 0 saturated carbocycles. The van der Waals surface area contributed by atoms with E-state index in [1.807, 2.05) is 0 Å². The van der Waals surface area contributed by atoms with Crippen molar-refractivity contribution >= 4 is 29.8 Å². The summed E-state index contributed by atoms with van der Waals surface area (Å²) in [6.07, 6.45) is -0.650. The van der Waals surface area contributed by atoms with Gasteiger partial charge in [-0.3, -0.25) is 29.3 Å². The Kier molecular flexibility index (Phi) is 15.3. The lowest BCUT2D eigenvalue weighted by Gasteiger charge is -2.09. The molecule has 0 heterocycles. The number of hydrogen-bond acceptors (Lipinski definition) is 6. The first-order valence-corrected chi connectivity index (χ1v) is 5.18. The van der Waals surface area contributed by atoms with Gasteiger partial charge >= 0.3 is 17.9 Å². The van der Waals surface area contributed by atoms with Gasteiger partial charge in [-0.05, 0) is 0 Å². The van der Waals surface area contributed by atoms with Crippen LogP contribution in [0.25, 0.3) is 0 Å². The molecule has 122 valence electrons. The summed E-state index contributed by atoms with van der Waals surface area (Å²) in [4.78, 5) is 48.4. The van der Waals surface area contributed by atoms with Crippen molar-refractivity contribution in [3.63, 3.8) is 0 Å². The van der Waals surface area contributed by atoms with Crippen LogP contribution in [0.4, 0.5) is 0 Å². The molecule has 21 heavy (non-hydrogen) atoms. The summed E-state index contributed by atoms with van der Waals surface area (Å²) in [5.41, 5.74) is 0. The van der Waals surface area contributed by atoms with Crippen LogP contribution in [0.3, 0.4) is 0 Å². The minimum Gasteiger partial charge on any atom is -0.481 e.